The molecule has 1 amide bonds. The van der Waals surface area contributed by atoms with Gasteiger partial charge in [0, 0.05) is 37.8 Å². The summed E-state index contributed by atoms with van der Waals surface area (Å²) in [6.07, 6.45) is 11.0. The average Bonchev–Trinajstić information content (AvgIpc) is 3.02. The zero-order chi connectivity index (χ0) is 15.6. The van der Waals surface area contributed by atoms with Crippen molar-refractivity contribution in [2.75, 3.05) is 6.54 Å². The van der Waals surface area contributed by atoms with Gasteiger partial charge in [-0.1, -0.05) is 5.16 Å². The monoisotopic (exact) mass is 315 g/mol. The predicted octanol–water partition coefficient (Wildman–Crippen LogP) is 2.29. The van der Waals surface area contributed by atoms with E-state index in [1.807, 2.05) is 15.7 Å². The first kappa shape index (κ1) is 14.4. The summed E-state index contributed by atoms with van der Waals surface area (Å²) in [6, 6.07) is -0.00741. The van der Waals surface area contributed by atoms with Gasteiger partial charge in [0.05, 0.1) is 12.4 Å². The Morgan fingerprint density at radius 1 is 1.35 bits per heavy atom. The van der Waals surface area contributed by atoms with Crippen LogP contribution in [0.2, 0.25) is 0 Å². The van der Waals surface area contributed by atoms with Crippen LogP contribution in [0.25, 0.3) is 0 Å². The van der Waals surface area contributed by atoms with E-state index in [0.29, 0.717) is 18.2 Å². The van der Waals surface area contributed by atoms with Crippen molar-refractivity contribution in [3.05, 3.63) is 30.4 Å². The Morgan fingerprint density at radius 2 is 2.26 bits per heavy atom. The van der Waals surface area contributed by atoms with Crippen molar-refractivity contribution in [1.82, 2.24) is 24.6 Å². The van der Waals surface area contributed by atoms with Crippen LogP contribution in [0.3, 0.4) is 0 Å². The van der Waals surface area contributed by atoms with E-state index in [-0.39, 0.29) is 11.9 Å². The number of aromatic nitrogens is 4. The lowest BCUT2D eigenvalue weighted by Gasteiger charge is -2.22. The van der Waals surface area contributed by atoms with Crippen LogP contribution in [0.4, 0.5) is 0 Å². The highest BCUT2D eigenvalue weighted by Crippen LogP contribution is 2.40. The number of aryl methyl sites for hydroxylation is 1. The van der Waals surface area contributed by atoms with E-state index < -0.39 is 0 Å². The van der Waals surface area contributed by atoms with Crippen LogP contribution in [0, 0.1) is 0 Å². The molecule has 2 aromatic heterocycles. The van der Waals surface area contributed by atoms with Gasteiger partial charge in [-0.25, -0.2) is 4.98 Å². The van der Waals surface area contributed by atoms with Gasteiger partial charge in [0.15, 0.2) is 5.82 Å². The number of nitrogens with zero attached hydrogens (tertiary/aromatic N) is 5. The highest BCUT2D eigenvalue weighted by molar-refractivity contribution is 5.76. The van der Waals surface area contributed by atoms with Crippen molar-refractivity contribution in [3.8, 4) is 0 Å². The number of imidazole rings is 1. The third-order valence-electron chi connectivity index (χ3n) is 4.62. The molecule has 122 valence electrons. The van der Waals surface area contributed by atoms with E-state index in [4.69, 9.17) is 4.52 Å². The lowest BCUT2D eigenvalue weighted by Crippen LogP contribution is -2.31. The van der Waals surface area contributed by atoms with Gasteiger partial charge >= 0.3 is 0 Å². The van der Waals surface area contributed by atoms with Crippen LogP contribution >= 0.6 is 0 Å². The third kappa shape index (κ3) is 3.13. The fraction of sp³-hybridized carbons (Fsp3) is 0.625. The summed E-state index contributed by atoms with van der Waals surface area (Å²) in [6.45, 7) is 1.61. The van der Waals surface area contributed by atoms with E-state index in [1.165, 1.54) is 0 Å². The molecule has 2 aliphatic rings. The fourth-order valence-electron chi connectivity index (χ4n) is 3.19. The first-order valence-corrected chi connectivity index (χ1v) is 8.40. The summed E-state index contributed by atoms with van der Waals surface area (Å²) in [5, 5.41) is 4.12. The van der Waals surface area contributed by atoms with Gasteiger partial charge in [-0.3, -0.25) is 4.79 Å². The van der Waals surface area contributed by atoms with Crippen molar-refractivity contribution in [1.29, 1.82) is 0 Å². The summed E-state index contributed by atoms with van der Waals surface area (Å²) < 4.78 is 7.35. The van der Waals surface area contributed by atoms with Crippen LogP contribution in [0.15, 0.2) is 23.2 Å². The molecule has 23 heavy (non-hydrogen) atoms. The second-order valence-electron chi connectivity index (χ2n) is 6.41. The zero-order valence-corrected chi connectivity index (χ0v) is 13.1. The molecule has 0 spiro atoms. The van der Waals surface area contributed by atoms with Crippen LogP contribution in [0.5, 0.6) is 0 Å². The lowest BCUT2D eigenvalue weighted by molar-refractivity contribution is -0.132. The van der Waals surface area contributed by atoms with Gasteiger partial charge in [0.25, 0.3) is 0 Å². The van der Waals surface area contributed by atoms with E-state index >= 15 is 0 Å². The van der Waals surface area contributed by atoms with Crippen LogP contribution in [-0.2, 0) is 11.3 Å². The molecule has 3 heterocycles. The topological polar surface area (TPSA) is 77.0 Å². The van der Waals surface area contributed by atoms with E-state index in [2.05, 4.69) is 15.1 Å². The first-order valence-electron chi connectivity index (χ1n) is 8.40. The maximum absolute atomic E-state index is 12.5. The zero-order valence-electron chi connectivity index (χ0n) is 13.1. The number of amides is 1. The molecule has 0 aromatic carbocycles. The van der Waals surface area contributed by atoms with Crippen molar-refractivity contribution >= 4 is 5.91 Å². The molecule has 1 atom stereocenters. The maximum atomic E-state index is 12.5. The summed E-state index contributed by atoms with van der Waals surface area (Å²) in [4.78, 5) is 23.0. The molecule has 1 aliphatic heterocycles. The predicted molar refractivity (Wildman–Crippen MR) is 81.4 cm³/mol. The second-order valence-corrected chi connectivity index (χ2v) is 6.41. The highest BCUT2D eigenvalue weighted by Gasteiger charge is 2.35. The number of hydrogen-bond donors (Lipinski definition) is 0. The minimum atomic E-state index is -0.00741. The molecule has 2 aromatic rings. The van der Waals surface area contributed by atoms with Crippen molar-refractivity contribution in [2.45, 2.75) is 57.0 Å². The van der Waals surface area contributed by atoms with Gasteiger partial charge in [-0.15, -0.1) is 0 Å². The molecule has 1 saturated heterocycles. The van der Waals surface area contributed by atoms with Crippen LogP contribution in [-0.4, -0.2) is 37.0 Å². The average molecular weight is 315 g/mol. The normalized spacial score (nSPS) is 21.0. The van der Waals surface area contributed by atoms with Crippen molar-refractivity contribution in [2.24, 2.45) is 0 Å². The molecule has 4 rings (SSSR count). The maximum Gasteiger partial charge on any atom is 0.229 e. The molecule has 2 fully saturated rings. The summed E-state index contributed by atoms with van der Waals surface area (Å²) in [5.74, 6) is 2.08. The summed E-state index contributed by atoms with van der Waals surface area (Å²) in [5.41, 5.74) is 0. The number of rotatable bonds is 6. The van der Waals surface area contributed by atoms with E-state index in [1.54, 1.807) is 12.5 Å². The molecule has 0 bridgehead atoms. The van der Waals surface area contributed by atoms with E-state index in [9.17, 15) is 4.79 Å². The van der Waals surface area contributed by atoms with Crippen LogP contribution < -0.4 is 0 Å². The van der Waals surface area contributed by atoms with Crippen LogP contribution in [0.1, 0.15) is 62.2 Å². The summed E-state index contributed by atoms with van der Waals surface area (Å²) >= 11 is 0. The number of carbonyl (C=O) groups excluding carboxylic acids is 1. The van der Waals surface area contributed by atoms with Gasteiger partial charge in [0.2, 0.25) is 11.8 Å². The molecular weight excluding hydrogens is 294 g/mol. The number of carbonyl (C=O) groups is 1. The highest BCUT2D eigenvalue weighted by atomic mass is 16.5. The molecule has 1 unspecified atom stereocenters. The van der Waals surface area contributed by atoms with E-state index in [0.717, 1.165) is 51.1 Å². The Morgan fingerprint density at radius 3 is 3.04 bits per heavy atom. The lowest BCUT2D eigenvalue weighted by atomic mass is 10.2. The fourth-order valence-corrected chi connectivity index (χ4v) is 3.19. The minimum Gasteiger partial charge on any atom is -0.339 e. The van der Waals surface area contributed by atoms with Crippen molar-refractivity contribution < 1.29 is 9.32 Å². The second kappa shape index (κ2) is 6.14. The third-order valence-corrected chi connectivity index (χ3v) is 4.62. The quantitative estimate of drug-likeness (QED) is 0.817. The Kier molecular flexibility index (Phi) is 3.85. The minimum absolute atomic E-state index is 0.00741. The Labute approximate surface area is 134 Å². The number of likely N-dealkylation sites (tertiary alicyclic amines) is 1. The SMILES string of the molecule is O=C(CCCn1ccnc1)N1CCCC1c1noc(C2CC2)n1. The summed E-state index contributed by atoms with van der Waals surface area (Å²) in [7, 11) is 0. The van der Waals surface area contributed by atoms with Gasteiger partial charge in [0.1, 0.15) is 0 Å². The molecule has 0 N–H and O–H groups in total. The smallest absolute Gasteiger partial charge is 0.229 e. The molecule has 1 aliphatic carbocycles. The Balaban J connectivity index is 1.35. The van der Waals surface area contributed by atoms with Crippen molar-refractivity contribution in [3.63, 3.8) is 0 Å². The first-order chi connectivity index (χ1) is 11.3. The largest absolute Gasteiger partial charge is 0.339 e. The van der Waals surface area contributed by atoms with Gasteiger partial charge < -0.3 is 14.0 Å². The standard InChI is InChI=1S/C16H21N5O2/c22-14(4-2-8-20-10-7-17-11-20)21-9-1-3-13(21)15-18-16(23-19-15)12-5-6-12/h7,10-13H,1-6,8-9H2. The molecule has 1 saturated carbocycles. The molecule has 7 nitrogen and oxygen atoms in total. The molecule has 7 heteroatoms. The van der Waals surface area contributed by atoms with Gasteiger partial charge in [-0.05, 0) is 32.1 Å². The Bertz CT molecular complexity index is 662. The molecule has 0 radical (unpaired) electrons. The van der Waals surface area contributed by atoms with Gasteiger partial charge in [-0.2, -0.15) is 4.98 Å². The molecular formula is C16H21N5O2. The number of hydrogen-bond acceptors (Lipinski definition) is 5. The Hall–Kier alpha value is -2.18.